The SMILES string of the molecule is CCC(C)N(C)CCNc1nc2c(cc1C(N)=S)CCC2. The van der Waals surface area contributed by atoms with Crippen molar-refractivity contribution in [2.45, 2.75) is 45.6 Å². The molecular formula is C16H26N4S. The minimum Gasteiger partial charge on any atom is -0.389 e. The highest BCUT2D eigenvalue weighted by atomic mass is 32.1. The van der Waals surface area contributed by atoms with Gasteiger partial charge in [0.1, 0.15) is 10.8 Å². The van der Waals surface area contributed by atoms with Crippen LogP contribution in [0.1, 0.15) is 43.5 Å². The molecule has 1 aliphatic rings. The number of nitrogens with zero attached hydrogens (tertiary/aromatic N) is 2. The van der Waals surface area contributed by atoms with E-state index in [4.69, 9.17) is 22.9 Å². The molecule has 1 heterocycles. The van der Waals surface area contributed by atoms with Gasteiger partial charge < -0.3 is 16.0 Å². The number of aryl methyl sites for hydroxylation is 2. The molecule has 4 nitrogen and oxygen atoms in total. The molecule has 1 aromatic heterocycles. The van der Waals surface area contributed by atoms with Crippen LogP contribution in [0.25, 0.3) is 0 Å². The third-order valence-electron chi connectivity index (χ3n) is 4.42. The quantitative estimate of drug-likeness (QED) is 0.757. The van der Waals surface area contributed by atoms with Crippen molar-refractivity contribution in [3.63, 3.8) is 0 Å². The number of pyridine rings is 1. The normalized spacial score (nSPS) is 15.0. The number of hydrogen-bond acceptors (Lipinski definition) is 4. The highest BCUT2D eigenvalue weighted by molar-refractivity contribution is 7.80. The molecule has 1 aliphatic carbocycles. The summed E-state index contributed by atoms with van der Waals surface area (Å²) in [6, 6.07) is 2.72. The fourth-order valence-corrected chi connectivity index (χ4v) is 2.83. The molecule has 0 aliphatic heterocycles. The lowest BCUT2D eigenvalue weighted by Gasteiger charge is -2.24. The summed E-state index contributed by atoms with van der Waals surface area (Å²) in [5.41, 5.74) is 9.24. The van der Waals surface area contributed by atoms with Gasteiger partial charge in [-0.05, 0) is 51.3 Å². The summed E-state index contributed by atoms with van der Waals surface area (Å²) in [5, 5.41) is 3.41. The molecule has 2 rings (SSSR count). The van der Waals surface area contributed by atoms with Crippen LogP contribution in [0.2, 0.25) is 0 Å². The molecular weight excluding hydrogens is 280 g/mol. The van der Waals surface area contributed by atoms with E-state index in [9.17, 15) is 0 Å². The zero-order valence-electron chi connectivity index (χ0n) is 13.3. The second-order valence-electron chi connectivity index (χ2n) is 5.87. The molecule has 0 spiro atoms. The number of fused-ring (bicyclic) bond motifs is 1. The molecule has 116 valence electrons. The molecule has 1 unspecified atom stereocenters. The van der Waals surface area contributed by atoms with E-state index in [1.807, 2.05) is 0 Å². The molecule has 21 heavy (non-hydrogen) atoms. The van der Waals surface area contributed by atoms with Gasteiger partial charge in [0.05, 0.1) is 5.56 Å². The smallest absolute Gasteiger partial charge is 0.136 e. The van der Waals surface area contributed by atoms with E-state index >= 15 is 0 Å². The minimum atomic E-state index is 0.426. The molecule has 0 radical (unpaired) electrons. The van der Waals surface area contributed by atoms with Crippen molar-refractivity contribution in [3.05, 3.63) is 22.9 Å². The van der Waals surface area contributed by atoms with Crippen molar-refractivity contribution >= 4 is 23.0 Å². The van der Waals surface area contributed by atoms with Gasteiger partial charge >= 0.3 is 0 Å². The molecule has 0 saturated heterocycles. The van der Waals surface area contributed by atoms with E-state index in [1.54, 1.807) is 0 Å². The highest BCUT2D eigenvalue weighted by Crippen LogP contribution is 2.25. The largest absolute Gasteiger partial charge is 0.389 e. The number of nitrogens with one attached hydrogen (secondary N) is 1. The van der Waals surface area contributed by atoms with Crippen molar-refractivity contribution in [2.24, 2.45) is 5.73 Å². The summed E-state index contributed by atoms with van der Waals surface area (Å²) >= 11 is 5.17. The fourth-order valence-electron chi connectivity index (χ4n) is 2.68. The zero-order valence-corrected chi connectivity index (χ0v) is 14.1. The maximum absolute atomic E-state index is 5.85. The molecule has 0 aromatic carbocycles. The van der Waals surface area contributed by atoms with Crippen LogP contribution in [0.4, 0.5) is 5.82 Å². The summed E-state index contributed by atoms with van der Waals surface area (Å²) in [7, 11) is 2.15. The Morgan fingerprint density at radius 3 is 2.95 bits per heavy atom. The van der Waals surface area contributed by atoms with E-state index in [2.05, 4.69) is 37.2 Å². The Kier molecular flexibility index (Phi) is 5.53. The number of hydrogen-bond donors (Lipinski definition) is 2. The Balaban J connectivity index is 2.04. The topological polar surface area (TPSA) is 54.2 Å². The minimum absolute atomic E-state index is 0.426. The predicted molar refractivity (Wildman–Crippen MR) is 93.0 cm³/mol. The number of aromatic nitrogens is 1. The Labute approximate surface area is 133 Å². The van der Waals surface area contributed by atoms with Gasteiger partial charge in [0.25, 0.3) is 0 Å². The van der Waals surface area contributed by atoms with Crippen LogP contribution in [0.3, 0.4) is 0 Å². The Morgan fingerprint density at radius 1 is 1.52 bits per heavy atom. The van der Waals surface area contributed by atoms with Crippen molar-refractivity contribution in [1.29, 1.82) is 0 Å². The zero-order chi connectivity index (χ0) is 15.4. The number of anilines is 1. The first-order valence-electron chi connectivity index (χ1n) is 7.79. The maximum atomic E-state index is 5.85. The monoisotopic (exact) mass is 306 g/mol. The lowest BCUT2D eigenvalue weighted by Crippen LogP contribution is -2.33. The first-order valence-corrected chi connectivity index (χ1v) is 8.20. The number of likely N-dealkylation sites (N-methyl/N-ethyl adjacent to an activating group) is 1. The van der Waals surface area contributed by atoms with Crippen LogP contribution in [-0.4, -0.2) is 41.1 Å². The first-order chi connectivity index (χ1) is 10.0. The van der Waals surface area contributed by atoms with Crippen LogP contribution < -0.4 is 11.1 Å². The molecule has 0 amide bonds. The van der Waals surface area contributed by atoms with Gasteiger partial charge in [-0.15, -0.1) is 0 Å². The Bertz CT molecular complexity index is 515. The highest BCUT2D eigenvalue weighted by Gasteiger charge is 2.17. The van der Waals surface area contributed by atoms with Crippen molar-refractivity contribution in [2.75, 3.05) is 25.5 Å². The molecule has 0 saturated carbocycles. The average Bonchev–Trinajstić information content (AvgIpc) is 2.92. The van der Waals surface area contributed by atoms with E-state index in [1.165, 1.54) is 17.7 Å². The first kappa shape index (κ1) is 16.2. The predicted octanol–water partition coefficient (Wildman–Crippen LogP) is 2.35. The molecule has 0 fully saturated rings. The summed E-state index contributed by atoms with van der Waals surface area (Å²) < 4.78 is 0. The maximum Gasteiger partial charge on any atom is 0.136 e. The van der Waals surface area contributed by atoms with Gasteiger partial charge in [0, 0.05) is 24.8 Å². The Hall–Kier alpha value is -1.20. The second kappa shape index (κ2) is 7.18. The van der Waals surface area contributed by atoms with Gasteiger partial charge in [0.15, 0.2) is 0 Å². The van der Waals surface area contributed by atoms with Gasteiger partial charge in [-0.2, -0.15) is 0 Å². The standard InChI is InChI=1S/C16H26N4S/c1-4-11(2)20(3)9-8-18-16-13(15(17)21)10-12-6-5-7-14(12)19-16/h10-11H,4-9H2,1-3H3,(H2,17,21)(H,18,19). The summed E-state index contributed by atoms with van der Waals surface area (Å²) in [6.45, 7) is 6.28. The van der Waals surface area contributed by atoms with E-state index in [-0.39, 0.29) is 0 Å². The van der Waals surface area contributed by atoms with Gasteiger partial charge in [-0.3, -0.25) is 0 Å². The second-order valence-corrected chi connectivity index (χ2v) is 6.31. The van der Waals surface area contributed by atoms with Gasteiger partial charge in [-0.1, -0.05) is 19.1 Å². The summed E-state index contributed by atoms with van der Waals surface area (Å²) in [6.07, 6.45) is 4.49. The van der Waals surface area contributed by atoms with Gasteiger partial charge in [0.2, 0.25) is 0 Å². The fraction of sp³-hybridized carbons (Fsp3) is 0.625. The van der Waals surface area contributed by atoms with E-state index in [0.29, 0.717) is 11.0 Å². The average molecular weight is 306 g/mol. The number of nitrogens with two attached hydrogens (primary N) is 1. The summed E-state index contributed by atoms with van der Waals surface area (Å²) in [4.78, 5) is 7.51. The number of thiocarbonyl (C=S) groups is 1. The molecule has 1 aromatic rings. The number of rotatable bonds is 7. The van der Waals surface area contributed by atoms with Crippen molar-refractivity contribution in [1.82, 2.24) is 9.88 Å². The van der Waals surface area contributed by atoms with E-state index < -0.39 is 0 Å². The molecule has 5 heteroatoms. The van der Waals surface area contributed by atoms with Crippen molar-refractivity contribution in [3.8, 4) is 0 Å². The molecule has 0 bridgehead atoms. The summed E-state index contributed by atoms with van der Waals surface area (Å²) in [5.74, 6) is 0.848. The molecule has 3 N–H and O–H groups in total. The van der Waals surface area contributed by atoms with Crippen LogP contribution in [0, 0.1) is 0 Å². The third-order valence-corrected chi connectivity index (χ3v) is 4.64. The van der Waals surface area contributed by atoms with Crippen LogP contribution in [-0.2, 0) is 12.8 Å². The third kappa shape index (κ3) is 3.92. The van der Waals surface area contributed by atoms with Gasteiger partial charge in [-0.25, -0.2) is 4.98 Å². The van der Waals surface area contributed by atoms with Crippen molar-refractivity contribution < 1.29 is 0 Å². The molecule has 1 atom stereocenters. The van der Waals surface area contributed by atoms with Crippen LogP contribution >= 0.6 is 12.2 Å². The lowest BCUT2D eigenvalue weighted by atomic mass is 10.1. The lowest BCUT2D eigenvalue weighted by molar-refractivity contribution is 0.261. The van der Waals surface area contributed by atoms with E-state index in [0.717, 1.165) is 43.7 Å². The van der Waals surface area contributed by atoms with Crippen LogP contribution in [0.15, 0.2) is 6.07 Å². The Morgan fingerprint density at radius 2 is 2.29 bits per heavy atom. The van der Waals surface area contributed by atoms with Crippen LogP contribution in [0.5, 0.6) is 0 Å².